The van der Waals surface area contributed by atoms with Gasteiger partial charge < -0.3 is 10.1 Å². The Labute approximate surface area is 140 Å². The Hall–Kier alpha value is -2.70. The average Bonchev–Trinajstić information content (AvgIpc) is 3.24. The van der Waals surface area contributed by atoms with Crippen LogP contribution in [0.3, 0.4) is 0 Å². The van der Waals surface area contributed by atoms with Crippen LogP contribution in [0.5, 0.6) is 5.75 Å². The first kappa shape index (κ1) is 14.9. The summed E-state index contributed by atoms with van der Waals surface area (Å²) < 4.78 is 7.06. The summed E-state index contributed by atoms with van der Waals surface area (Å²) in [6.45, 7) is 2.00. The number of anilines is 1. The van der Waals surface area contributed by atoms with E-state index in [2.05, 4.69) is 25.6 Å². The molecule has 0 amide bonds. The van der Waals surface area contributed by atoms with E-state index in [0.717, 1.165) is 17.0 Å². The normalized spacial score (nSPS) is 15.1. The van der Waals surface area contributed by atoms with Gasteiger partial charge in [0.25, 0.3) is 0 Å². The van der Waals surface area contributed by atoms with Crippen LogP contribution in [-0.2, 0) is 0 Å². The van der Waals surface area contributed by atoms with E-state index < -0.39 is 0 Å². The van der Waals surface area contributed by atoms with E-state index in [1.165, 1.54) is 25.7 Å². The Balaban J connectivity index is 1.71. The maximum absolute atomic E-state index is 5.32. The van der Waals surface area contributed by atoms with E-state index in [1.807, 2.05) is 25.1 Å². The highest BCUT2D eigenvalue weighted by atomic mass is 16.5. The number of ether oxygens (including phenoxy) is 1. The maximum atomic E-state index is 5.32. The molecule has 1 saturated carbocycles. The van der Waals surface area contributed by atoms with Crippen LogP contribution in [0.25, 0.3) is 16.9 Å². The van der Waals surface area contributed by atoms with Crippen molar-refractivity contribution in [2.75, 3.05) is 12.4 Å². The number of fused-ring (bicyclic) bond motifs is 1. The van der Waals surface area contributed by atoms with Crippen molar-refractivity contribution in [3.8, 4) is 11.4 Å². The van der Waals surface area contributed by atoms with Gasteiger partial charge in [0.05, 0.1) is 19.0 Å². The molecule has 2 aromatic heterocycles. The fourth-order valence-electron chi connectivity index (χ4n) is 3.22. The van der Waals surface area contributed by atoms with Crippen LogP contribution in [0.1, 0.15) is 31.2 Å². The highest BCUT2D eigenvalue weighted by molar-refractivity contribution is 5.72. The molecule has 7 heteroatoms. The molecule has 0 saturated heterocycles. The van der Waals surface area contributed by atoms with Crippen molar-refractivity contribution in [1.29, 1.82) is 0 Å². The molecular weight excluding hydrogens is 304 g/mol. The van der Waals surface area contributed by atoms with Crippen LogP contribution in [0.2, 0.25) is 0 Å². The molecule has 1 fully saturated rings. The minimum Gasteiger partial charge on any atom is -0.496 e. The second kappa shape index (κ2) is 6.07. The summed E-state index contributed by atoms with van der Waals surface area (Å²) in [7, 11) is 1.67. The van der Waals surface area contributed by atoms with Gasteiger partial charge in [-0.05, 0) is 43.5 Å². The molecule has 124 valence electrons. The second-order valence-corrected chi connectivity index (χ2v) is 6.18. The minimum absolute atomic E-state index is 0.468. The van der Waals surface area contributed by atoms with E-state index in [4.69, 9.17) is 4.74 Å². The van der Waals surface area contributed by atoms with Gasteiger partial charge in [0, 0.05) is 6.04 Å². The summed E-state index contributed by atoms with van der Waals surface area (Å²) in [5.74, 6) is 1.49. The van der Waals surface area contributed by atoms with Gasteiger partial charge in [-0.3, -0.25) is 0 Å². The van der Waals surface area contributed by atoms with Gasteiger partial charge in [-0.2, -0.15) is 9.67 Å². The van der Waals surface area contributed by atoms with Crippen molar-refractivity contribution >= 4 is 17.1 Å². The lowest BCUT2D eigenvalue weighted by atomic mass is 10.2. The van der Waals surface area contributed by atoms with E-state index in [9.17, 15) is 0 Å². The van der Waals surface area contributed by atoms with Crippen molar-refractivity contribution in [2.24, 2.45) is 0 Å². The number of hydrogen-bond acceptors (Lipinski definition) is 6. The van der Waals surface area contributed by atoms with Gasteiger partial charge in [-0.15, -0.1) is 5.10 Å². The zero-order valence-corrected chi connectivity index (χ0v) is 13.9. The first-order valence-electron chi connectivity index (χ1n) is 8.24. The third kappa shape index (κ3) is 2.66. The highest BCUT2D eigenvalue weighted by Gasteiger charge is 2.17. The number of aromatic nitrogens is 5. The van der Waals surface area contributed by atoms with Crippen molar-refractivity contribution in [3.05, 3.63) is 30.0 Å². The molecule has 7 nitrogen and oxygen atoms in total. The number of aryl methyl sites for hydroxylation is 1. The minimum atomic E-state index is 0.468. The summed E-state index contributed by atoms with van der Waals surface area (Å²) in [6.07, 6.45) is 6.61. The Morgan fingerprint density at radius 1 is 1.25 bits per heavy atom. The average molecular weight is 324 g/mol. The lowest BCUT2D eigenvalue weighted by molar-refractivity contribution is 0.411. The molecule has 0 spiro atoms. The van der Waals surface area contributed by atoms with E-state index in [0.29, 0.717) is 23.2 Å². The molecule has 0 atom stereocenters. The quantitative estimate of drug-likeness (QED) is 0.795. The zero-order chi connectivity index (χ0) is 16.5. The molecule has 0 unspecified atom stereocenters. The van der Waals surface area contributed by atoms with Gasteiger partial charge in [-0.25, -0.2) is 4.98 Å². The molecule has 24 heavy (non-hydrogen) atoms. The molecule has 4 rings (SSSR count). The second-order valence-electron chi connectivity index (χ2n) is 6.18. The summed E-state index contributed by atoms with van der Waals surface area (Å²) in [5, 5.41) is 11.8. The van der Waals surface area contributed by atoms with Crippen molar-refractivity contribution in [3.63, 3.8) is 0 Å². The molecule has 1 N–H and O–H groups in total. The van der Waals surface area contributed by atoms with Crippen LogP contribution in [-0.4, -0.2) is 38.1 Å². The molecule has 0 aliphatic heterocycles. The lowest BCUT2D eigenvalue weighted by Gasteiger charge is -2.11. The third-order valence-electron chi connectivity index (χ3n) is 4.50. The molecule has 1 aliphatic rings. The van der Waals surface area contributed by atoms with Gasteiger partial charge in [0.15, 0.2) is 11.2 Å². The predicted molar refractivity (Wildman–Crippen MR) is 91.6 cm³/mol. The fraction of sp³-hybridized carbons (Fsp3) is 0.412. The number of nitrogens with one attached hydrogen (secondary N) is 1. The van der Waals surface area contributed by atoms with Crippen LogP contribution >= 0.6 is 0 Å². The van der Waals surface area contributed by atoms with Crippen molar-refractivity contribution in [2.45, 2.75) is 38.6 Å². The van der Waals surface area contributed by atoms with Gasteiger partial charge in [0.1, 0.15) is 5.75 Å². The highest BCUT2D eigenvalue weighted by Crippen LogP contribution is 2.24. The number of methoxy groups -OCH3 is 1. The number of nitrogens with zero attached hydrogens (tertiary/aromatic N) is 5. The molecule has 1 aliphatic carbocycles. The van der Waals surface area contributed by atoms with Crippen LogP contribution in [0, 0.1) is 6.92 Å². The van der Waals surface area contributed by atoms with Crippen LogP contribution in [0.15, 0.2) is 24.4 Å². The summed E-state index contributed by atoms with van der Waals surface area (Å²) in [5.41, 5.74) is 3.33. The van der Waals surface area contributed by atoms with E-state index >= 15 is 0 Å². The first-order valence-corrected chi connectivity index (χ1v) is 8.24. The molecule has 1 aromatic carbocycles. The summed E-state index contributed by atoms with van der Waals surface area (Å²) in [6, 6.07) is 6.36. The Morgan fingerprint density at radius 3 is 2.83 bits per heavy atom. The molecular formula is C17H20N6O. The summed E-state index contributed by atoms with van der Waals surface area (Å²) in [4.78, 5) is 9.00. The van der Waals surface area contributed by atoms with Crippen LogP contribution in [0.4, 0.5) is 5.95 Å². The fourth-order valence-corrected chi connectivity index (χ4v) is 3.22. The van der Waals surface area contributed by atoms with Crippen LogP contribution < -0.4 is 10.1 Å². The van der Waals surface area contributed by atoms with E-state index in [1.54, 1.807) is 18.0 Å². The largest absolute Gasteiger partial charge is 0.496 e. The maximum Gasteiger partial charge on any atom is 0.225 e. The monoisotopic (exact) mass is 324 g/mol. The Kier molecular flexibility index (Phi) is 3.76. The lowest BCUT2D eigenvalue weighted by Crippen LogP contribution is -2.16. The Morgan fingerprint density at radius 2 is 2.08 bits per heavy atom. The number of benzene rings is 1. The van der Waals surface area contributed by atoms with Gasteiger partial charge in [-0.1, -0.05) is 18.1 Å². The van der Waals surface area contributed by atoms with Crippen molar-refractivity contribution < 1.29 is 4.74 Å². The predicted octanol–water partition coefficient (Wildman–Crippen LogP) is 2.88. The first-order chi connectivity index (χ1) is 11.7. The van der Waals surface area contributed by atoms with Gasteiger partial charge in [0.2, 0.25) is 5.95 Å². The topological polar surface area (TPSA) is 77.8 Å². The number of hydrogen-bond donors (Lipinski definition) is 1. The molecule has 0 radical (unpaired) electrons. The van der Waals surface area contributed by atoms with Gasteiger partial charge >= 0.3 is 0 Å². The summed E-state index contributed by atoms with van der Waals surface area (Å²) >= 11 is 0. The number of rotatable bonds is 4. The Bertz CT molecular complexity index is 869. The third-order valence-corrected chi connectivity index (χ3v) is 4.50. The SMILES string of the molecule is COc1ccc(-n2nnc3cnc(NC4CCCC4)nc32)cc1C. The van der Waals surface area contributed by atoms with Crippen molar-refractivity contribution in [1.82, 2.24) is 25.0 Å². The molecule has 2 heterocycles. The molecule has 3 aromatic rings. The smallest absolute Gasteiger partial charge is 0.225 e. The standard InChI is InChI=1S/C17H20N6O/c1-11-9-13(7-8-15(11)24-2)23-16-14(21-22-23)10-18-17(20-16)19-12-5-3-4-6-12/h7-10,12H,3-6H2,1-2H3,(H,18,19,20). The zero-order valence-electron chi connectivity index (χ0n) is 13.9. The van der Waals surface area contributed by atoms with E-state index in [-0.39, 0.29) is 0 Å². The molecule has 0 bridgehead atoms.